The largest absolute Gasteiger partial charge is 0.388 e. The average molecular weight is 281 g/mol. The van der Waals surface area contributed by atoms with Gasteiger partial charge in [-0.25, -0.2) is 0 Å². The number of pyridine rings is 1. The van der Waals surface area contributed by atoms with Gasteiger partial charge < -0.3 is 10.1 Å². The van der Waals surface area contributed by atoms with Crippen molar-refractivity contribution in [2.24, 2.45) is 0 Å². The lowest BCUT2D eigenvalue weighted by molar-refractivity contribution is -0.688. The van der Waals surface area contributed by atoms with E-state index in [1.807, 2.05) is 6.07 Å². The van der Waals surface area contributed by atoms with Crippen molar-refractivity contribution in [2.75, 3.05) is 0 Å². The number of aromatic amines is 1. The summed E-state index contributed by atoms with van der Waals surface area (Å²) >= 11 is 0. The molecule has 4 rings (SSSR count). The molecule has 0 radical (unpaired) electrons. The van der Waals surface area contributed by atoms with Gasteiger partial charge in [0.25, 0.3) is 0 Å². The molecule has 0 amide bonds. The Balaban J connectivity index is 0.00000132. The number of fused-ring (bicyclic) bond motifs is 5. The van der Waals surface area contributed by atoms with E-state index in [-0.39, 0.29) is 7.43 Å². The van der Waals surface area contributed by atoms with E-state index < -0.39 is 6.10 Å². The van der Waals surface area contributed by atoms with Crippen LogP contribution in [0.15, 0.2) is 42.6 Å². The van der Waals surface area contributed by atoms with Crippen LogP contribution in [0.1, 0.15) is 31.6 Å². The molecule has 0 spiro atoms. The number of H-pyrrole nitrogens is 1. The van der Waals surface area contributed by atoms with Crippen LogP contribution in [0.3, 0.4) is 0 Å². The Morgan fingerprint density at radius 2 is 2.00 bits per heavy atom. The molecular formula is C18H21N2O+. The predicted octanol–water partition coefficient (Wildman–Crippen LogP) is 3.37. The van der Waals surface area contributed by atoms with Gasteiger partial charge in [-0.15, -0.1) is 0 Å². The van der Waals surface area contributed by atoms with Crippen LogP contribution in [0.2, 0.25) is 0 Å². The maximum absolute atomic E-state index is 9.71. The molecule has 2 N–H and O–H groups in total. The van der Waals surface area contributed by atoms with Gasteiger partial charge in [-0.05, 0) is 24.6 Å². The van der Waals surface area contributed by atoms with Crippen LogP contribution in [0.5, 0.6) is 0 Å². The maximum Gasteiger partial charge on any atom is 0.229 e. The average Bonchev–Trinajstić information content (AvgIpc) is 2.85. The van der Waals surface area contributed by atoms with Gasteiger partial charge >= 0.3 is 0 Å². The summed E-state index contributed by atoms with van der Waals surface area (Å²) < 4.78 is 2.24. The SMILES string of the molecule is C.CC(O)c1ccc2[n+](c1)CCc1c-2[nH]c2ccccc12. The molecule has 3 heteroatoms. The molecule has 3 nitrogen and oxygen atoms in total. The minimum atomic E-state index is -0.420. The zero-order valence-corrected chi connectivity index (χ0v) is 11.4. The van der Waals surface area contributed by atoms with Crippen LogP contribution in [0.25, 0.3) is 22.3 Å². The maximum atomic E-state index is 9.71. The van der Waals surface area contributed by atoms with Crippen LogP contribution < -0.4 is 4.57 Å². The smallest absolute Gasteiger partial charge is 0.229 e. The second-order valence-corrected chi connectivity index (χ2v) is 5.49. The summed E-state index contributed by atoms with van der Waals surface area (Å²) in [6, 6.07) is 12.6. The van der Waals surface area contributed by atoms with E-state index in [9.17, 15) is 5.11 Å². The molecule has 0 saturated heterocycles. The highest BCUT2D eigenvalue weighted by molar-refractivity contribution is 5.90. The summed E-state index contributed by atoms with van der Waals surface area (Å²) in [5, 5.41) is 11.0. The van der Waals surface area contributed by atoms with Crippen LogP contribution in [-0.2, 0) is 13.0 Å². The quantitative estimate of drug-likeness (QED) is 0.660. The lowest BCUT2D eigenvalue weighted by Gasteiger charge is -2.13. The number of rotatable bonds is 1. The summed E-state index contributed by atoms with van der Waals surface area (Å²) in [5.41, 5.74) is 5.99. The Hall–Kier alpha value is -2.13. The highest BCUT2D eigenvalue weighted by atomic mass is 16.3. The van der Waals surface area contributed by atoms with E-state index in [0.717, 1.165) is 18.5 Å². The van der Waals surface area contributed by atoms with Crippen molar-refractivity contribution in [1.82, 2.24) is 4.98 Å². The molecule has 21 heavy (non-hydrogen) atoms. The second-order valence-electron chi connectivity index (χ2n) is 5.49. The Bertz CT molecular complexity index is 802. The fraction of sp³-hybridized carbons (Fsp3) is 0.278. The summed E-state index contributed by atoms with van der Waals surface area (Å²) in [6.07, 6.45) is 2.67. The number of aromatic nitrogens is 2. The Kier molecular flexibility index (Phi) is 3.30. The molecular weight excluding hydrogens is 260 g/mol. The molecule has 1 unspecified atom stereocenters. The first-order valence-corrected chi connectivity index (χ1v) is 7.05. The van der Waals surface area contributed by atoms with E-state index in [1.54, 1.807) is 6.92 Å². The number of benzene rings is 1. The number of aryl methyl sites for hydroxylation is 2. The van der Waals surface area contributed by atoms with E-state index in [0.29, 0.717) is 0 Å². The number of nitrogens with one attached hydrogen (secondary N) is 1. The standard InChI is InChI=1S/C17H16N2O.CH4/c1-11(20)12-6-7-16-17-14(8-9-19(16)10-12)13-4-2-3-5-15(13)18-17;/h2-7,10-11,20H,8-9H2,1H3;1H4/p+1. The third-order valence-corrected chi connectivity index (χ3v) is 4.20. The first kappa shape index (κ1) is 13.8. The number of hydrogen-bond acceptors (Lipinski definition) is 1. The molecule has 1 aromatic carbocycles. The molecule has 3 aromatic rings. The van der Waals surface area contributed by atoms with Crippen LogP contribution in [0, 0.1) is 0 Å². The van der Waals surface area contributed by atoms with Gasteiger partial charge in [0.1, 0.15) is 5.69 Å². The molecule has 2 aromatic heterocycles. The molecule has 3 heterocycles. The lowest BCUT2D eigenvalue weighted by atomic mass is 10.0. The molecule has 1 atom stereocenters. The minimum Gasteiger partial charge on any atom is -0.388 e. The van der Waals surface area contributed by atoms with Crippen molar-refractivity contribution in [3.05, 3.63) is 53.7 Å². The summed E-state index contributed by atoms with van der Waals surface area (Å²) in [7, 11) is 0. The minimum absolute atomic E-state index is 0. The third kappa shape index (κ3) is 2.05. The Morgan fingerprint density at radius 1 is 1.19 bits per heavy atom. The molecule has 0 aliphatic carbocycles. The Labute approximate surface area is 124 Å². The summed E-state index contributed by atoms with van der Waals surface area (Å²) in [6.45, 7) is 2.77. The van der Waals surface area contributed by atoms with Crippen LogP contribution >= 0.6 is 0 Å². The van der Waals surface area contributed by atoms with Gasteiger partial charge in [0.2, 0.25) is 5.69 Å². The summed E-state index contributed by atoms with van der Waals surface area (Å²) in [4.78, 5) is 3.54. The highest BCUT2D eigenvalue weighted by Gasteiger charge is 2.26. The first-order valence-electron chi connectivity index (χ1n) is 7.05. The number of hydrogen-bond donors (Lipinski definition) is 2. The van der Waals surface area contributed by atoms with Crippen molar-refractivity contribution in [3.8, 4) is 11.4 Å². The summed E-state index contributed by atoms with van der Waals surface area (Å²) in [5.74, 6) is 0. The number of nitrogens with zero attached hydrogens (tertiary/aromatic N) is 1. The number of aliphatic hydroxyl groups is 1. The predicted molar refractivity (Wildman–Crippen MR) is 85.0 cm³/mol. The number of para-hydroxylation sites is 1. The zero-order valence-electron chi connectivity index (χ0n) is 11.4. The zero-order chi connectivity index (χ0) is 13.7. The van der Waals surface area contributed by atoms with Crippen molar-refractivity contribution < 1.29 is 9.67 Å². The van der Waals surface area contributed by atoms with E-state index in [1.165, 1.54) is 27.9 Å². The topological polar surface area (TPSA) is 39.9 Å². The number of aliphatic hydroxyl groups excluding tert-OH is 1. The van der Waals surface area contributed by atoms with Gasteiger partial charge in [-0.2, -0.15) is 4.57 Å². The fourth-order valence-electron chi connectivity index (χ4n) is 3.13. The second kappa shape index (κ2) is 5.01. The van der Waals surface area contributed by atoms with Crippen molar-refractivity contribution in [1.29, 1.82) is 0 Å². The monoisotopic (exact) mass is 281 g/mol. The molecule has 0 bridgehead atoms. The van der Waals surface area contributed by atoms with Crippen molar-refractivity contribution in [3.63, 3.8) is 0 Å². The van der Waals surface area contributed by atoms with Gasteiger partial charge in [0, 0.05) is 29.0 Å². The third-order valence-electron chi connectivity index (χ3n) is 4.20. The van der Waals surface area contributed by atoms with Crippen LogP contribution in [0.4, 0.5) is 0 Å². The van der Waals surface area contributed by atoms with E-state index >= 15 is 0 Å². The lowest BCUT2D eigenvalue weighted by Crippen LogP contribution is -2.40. The Morgan fingerprint density at radius 3 is 2.81 bits per heavy atom. The fourth-order valence-corrected chi connectivity index (χ4v) is 3.13. The molecule has 1 aliphatic heterocycles. The van der Waals surface area contributed by atoms with E-state index in [2.05, 4.69) is 46.1 Å². The van der Waals surface area contributed by atoms with Crippen LogP contribution in [-0.4, -0.2) is 10.1 Å². The van der Waals surface area contributed by atoms with Crippen molar-refractivity contribution in [2.45, 2.75) is 33.4 Å². The highest BCUT2D eigenvalue weighted by Crippen LogP contribution is 2.31. The molecule has 1 aliphatic rings. The molecule has 0 fully saturated rings. The van der Waals surface area contributed by atoms with E-state index in [4.69, 9.17) is 0 Å². The van der Waals surface area contributed by atoms with Gasteiger partial charge in [0.05, 0.1) is 6.10 Å². The van der Waals surface area contributed by atoms with Gasteiger partial charge in [-0.3, -0.25) is 0 Å². The first-order chi connectivity index (χ1) is 9.74. The molecule has 108 valence electrons. The molecule has 0 saturated carbocycles. The van der Waals surface area contributed by atoms with Gasteiger partial charge in [-0.1, -0.05) is 25.6 Å². The van der Waals surface area contributed by atoms with Crippen molar-refractivity contribution >= 4 is 10.9 Å². The normalized spacial score (nSPS) is 14.2. The van der Waals surface area contributed by atoms with Gasteiger partial charge in [0.15, 0.2) is 12.7 Å².